The van der Waals surface area contributed by atoms with Crippen LogP contribution < -0.4 is 14.8 Å². The van der Waals surface area contributed by atoms with Gasteiger partial charge in [-0.2, -0.15) is 0 Å². The molecule has 0 aromatic heterocycles. The van der Waals surface area contributed by atoms with Crippen LogP contribution in [0.15, 0.2) is 36.4 Å². The van der Waals surface area contributed by atoms with Gasteiger partial charge in [-0.25, -0.2) is 0 Å². The van der Waals surface area contributed by atoms with Gasteiger partial charge in [-0.05, 0) is 54.8 Å². The van der Waals surface area contributed by atoms with Crippen molar-refractivity contribution < 1.29 is 14.3 Å². The van der Waals surface area contributed by atoms with Crippen LogP contribution in [0.1, 0.15) is 11.1 Å². The van der Waals surface area contributed by atoms with Crippen molar-refractivity contribution >= 4 is 23.2 Å². The lowest BCUT2D eigenvalue weighted by molar-refractivity contribution is -0.121. The minimum absolute atomic E-state index is 0.0933. The molecule has 0 saturated heterocycles. The first-order valence-electron chi connectivity index (χ1n) is 7.43. The summed E-state index contributed by atoms with van der Waals surface area (Å²) in [5, 5.41) is 3.42. The van der Waals surface area contributed by atoms with Crippen molar-refractivity contribution in [1.82, 2.24) is 0 Å². The minimum Gasteiger partial charge on any atom is -0.497 e. The van der Waals surface area contributed by atoms with Gasteiger partial charge in [-0.15, -0.1) is 0 Å². The van der Waals surface area contributed by atoms with Crippen molar-refractivity contribution in [3.05, 3.63) is 52.5 Å². The zero-order chi connectivity index (χ0) is 16.4. The highest BCUT2D eigenvalue weighted by Gasteiger charge is 2.26. The van der Waals surface area contributed by atoms with E-state index < -0.39 is 0 Å². The van der Waals surface area contributed by atoms with Crippen LogP contribution >= 0.6 is 11.6 Å². The number of aryl methyl sites for hydroxylation is 1. The number of nitrogens with one attached hydrogen (secondary N) is 1. The Bertz CT molecular complexity index is 745. The molecule has 0 unspecified atom stereocenters. The topological polar surface area (TPSA) is 47.6 Å². The fourth-order valence-electron chi connectivity index (χ4n) is 2.62. The first-order valence-corrected chi connectivity index (χ1v) is 7.81. The van der Waals surface area contributed by atoms with E-state index in [4.69, 9.17) is 21.1 Å². The van der Waals surface area contributed by atoms with Gasteiger partial charge in [-0.1, -0.05) is 17.7 Å². The van der Waals surface area contributed by atoms with E-state index in [2.05, 4.69) is 5.32 Å². The Morgan fingerprint density at radius 3 is 2.87 bits per heavy atom. The molecular formula is C18H18ClNO3. The monoisotopic (exact) mass is 331 g/mol. The minimum atomic E-state index is -0.257. The molecule has 1 atom stereocenters. The normalized spacial score (nSPS) is 16.2. The summed E-state index contributed by atoms with van der Waals surface area (Å²) >= 11 is 6.17. The molecule has 2 aromatic rings. The highest BCUT2D eigenvalue weighted by atomic mass is 35.5. The van der Waals surface area contributed by atoms with Crippen molar-refractivity contribution in [3.8, 4) is 11.5 Å². The zero-order valence-electron chi connectivity index (χ0n) is 13.1. The molecule has 0 aliphatic carbocycles. The molecule has 0 radical (unpaired) electrons. The third-order valence-electron chi connectivity index (χ3n) is 3.93. The second-order valence-electron chi connectivity index (χ2n) is 5.66. The fourth-order valence-corrected chi connectivity index (χ4v) is 2.90. The molecule has 5 heteroatoms. The fraction of sp³-hybridized carbons (Fsp3) is 0.278. The third-order valence-corrected chi connectivity index (χ3v) is 4.24. The van der Waals surface area contributed by atoms with Gasteiger partial charge in [0.05, 0.1) is 23.7 Å². The molecule has 0 spiro atoms. The number of halogens is 1. The van der Waals surface area contributed by atoms with Crippen molar-refractivity contribution in [2.45, 2.75) is 13.3 Å². The van der Waals surface area contributed by atoms with Crippen LogP contribution in [0.3, 0.4) is 0 Å². The summed E-state index contributed by atoms with van der Waals surface area (Å²) in [4.78, 5) is 12.5. The number of fused-ring (bicyclic) bond motifs is 1. The van der Waals surface area contributed by atoms with Gasteiger partial charge in [0.15, 0.2) is 0 Å². The SMILES string of the molecule is COc1ccc2c(c1)C[C@@H](C(=O)Nc1ccc(C)cc1Cl)CO2. The molecule has 2 aromatic carbocycles. The van der Waals surface area contributed by atoms with Crippen LogP contribution in [0.5, 0.6) is 11.5 Å². The van der Waals surface area contributed by atoms with Gasteiger partial charge >= 0.3 is 0 Å². The van der Waals surface area contributed by atoms with Gasteiger partial charge in [0.1, 0.15) is 18.1 Å². The maximum Gasteiger partial charge on any atom is 0.231 e. The van der Waals surface area contributed by atoms with E-state index in [9.17, 15) is 4.79 Å². The standard InChI is InChI=1S/C18H18ClNO3/c1-11-3-5-16(15(19)7-11)20-18(21)13-8-12-9-14(22-2)4-6-17(12)23-10-13/h3-7,9,13H,8,10H2,1-2H3,(H,20,21)/t13-/m1/s1. The van der Waals surface area contributed by atoms with E-state index in [-0.39, 0.29) is 11.8 Å². The summed E-state index contributed by atoms with van der Waals surface area (Å²) in [7, 11) is 1.62. The van der Waals surface area contributed by atoms with Gasteiger partial charge < -0.3 is 14.8 Å². The molecule has 120 valence electrons. The van der Waals surface area contributed by atoms with Crippen LogP contribution in [0, 0.1) is 12.8 Å². The quantitative estimate of drug-likeness (QED) is 0.929. The van der Waals surface area contributed by atoms with E-state index in [1.54, 1.807) is 7.11 Å². The number of carbonyl (C=O) groups is 1. The summed E-state index contributed by atoms with van der Waals surface area (Å²) in [5.41, 5.74) is 2.65. The lowest BCUT2D eigenvalue weighted by Crippen LogP contribution is -2.32. The Hall–Kier alpha value is -2.20. The summed E-state index contributed by atoms with van der Waals surface area (Å²) in [5.74, 6) is 1.22. The van der Waals surface area contributed by atoms with Crippen molar-refractivity contribution in [3.63, 3.8) is 0 Å². The molecule has 1 aliphatic heterocycles. The van der Waals surface area contributed by atoms with E-state index in [1.807, 2.05) is 43.3 Å². The van der Waals surface area contributed by atoms with Crippen LogP contribution in [-0.2, 0) is 11.2 Å². The predicted octanol–water partition coefficient (Wildman–Crippen LogP) is 3.85. The van der Waals surface area contributed by atoms with Gasteiger partial charge in [0, 0.05) is 0 Å². The summed E-state index contributed by atoms with van der Waals surface area (Å²) in [6.07, 6.45) is 0.613. The van der Waals surface area contributed by atoms with Gasteiger partial charge in [-0.3, -0.25) is 4.79 Å². The molecule has 0 bridgehead atoms. The molecule has 1 heterocycles. The maximum atomic E-state index is 12.5. The average molecular weight is 332 g/mol. The summed E-state index contributed by atoms with van der Waals surface area (Å²) in [6.45, 7) is 2.31. The highest BCUT2D eigenvalue weighted by molar-refractivity contribution is 6.33. The Morgan fingerprint density at radius 2 is 2.13 bits per heavy atom. The second-order valence-corrected chi connectivity index (χ2v) is 6.07. The number of ether oxygens (including phenoxy) is 2. The largest absolute Gasteiger partial charge is 0.497 e. The molecule has 4 nitrogen and oxygen atoms in total. The molecule has 0 saturated carbocycles. The molecule has 0 fully saturated rings. The van der Waals surface area contributed by atoms with Crippen LogP contribution in [-0.4, -0.2) is 19.6 Å². The molecule has 23 heavy (non-hydrogen) atoms. The van der Waals surface area contributed by atoms with Gasteiger partial charge in [0.2, 0.25) is 5.91 Å². The molecule has 1 aliphatic rings. The number of hydrogen-bond donors (Lipinski definition) is 1. The van der Waals surface area contributed by atoms with E-state index in [0.717, 1.165) is 22.6 Å². The Kier molecular flexibility index (Phi) is 4.44. The highest BCUT2D eigenvalue weighted by Crippen LogP contribution is 2.31. The summed E-state index contributed by atoms with van der Waals surface area (Å²) in [6, 6.07) is 11.2. The third kappa shape index (κ3) is 3.42. The lowest BCUT2D eigenvalue weighted by atomic mass is 9.95. The zero-order valence-corrected chi connectivity index (χ0v) is 13.8. The number of carbonyl (C=O) groups excluding carboxylic acids is 1. The Morgan fingerprint density at radius 1 is 1.30 bits per heavy atom. The predicted molar refractivity (Wildman–Crippen MR) is 90.5 cm³/mol. The Labute approximate surface area is 140 Å². The molecule has 1 N–H and O–H groups in total. The average Bonchev–Trinajstić information content (AvgIpc) is 2.56. The number of methoxy groups -OCH3 is 1. The molecule has 1 amide bonds. The maximum absolute atomic E-state index is 12.5. The number of hydrogen-bond acceptors (Lipinski definition) is 3. The van der Waals surface area contributed by atoms with E-state index in [1.165, 1.54) is 0 Å². The first kappa shape index (κ1) is 15.7. The number of anilines is 1. The Balaban J connectivity index is 1.73. The van der Waals surface area contributed by atoms with Crippen LogP contribution in [0.4, 0.5) is 5.69 Å². The second kappa shape index (κ2) is 6.50. The molecule has 3 rings (SSSR count). The first-order chi connectivity index (χ1) is 11.1. The number of benzene rings is 2. The van der Waals surface area contributed by atoms with Crippen LogP contribution in [0.2, 0.25) is 5.02 Å². The molecular weight excluding hydrogens is 314 g/mol. The number of amides is 1. The lowest BCUT2D eigenvalue weighted by Gasteiger charge is -2.25. The number of rotatable bonds is 3. The van der Waals surface area contributed by atoms with Crippen LogP contribution in [0.25, 0.3) is 0 Å². The summed E-state index contributed by atoms with van der Waals surface area (Å²) < 4.78 is 10.9. The van der Waals surface area contributed by atoms with E-state index in [0.29, 0.717) is 23.7 Å². The van der Waals surface area contributed by atoms with Gasteiger partial charge in [0.25, 0.3) is 0 Å². The smallest absolute Gasteiger partial charge is 0.231 e. The van der Waals surface area contributed by atoms with E-state index >= 15 is 0 Å². The van der Waals surface area contributed by atoms with Crippen molar-refractivity contribution in [2.75, 3.05) is 19.0 Å². The van der Waals surface area contributed by atoms with Crippen molar-refractivity contribution in [1.29, 1.82) is 0 Å². The van der Waals surface area contributed by atoms with Crippen molar-refractivity contribution in [2.24, 2.45) is 5.92 Å².